The quantitative estimate of drug-likeness (QED) is 0.285. The summed E-state index contributed by atoms with van der Waals surface area (Å²) in [6.07, 6.45) is 1.31. The van der Waals surface area contributed by atoms with Crippen molar-refractivity contribution in [2.75, 3.05) is 5.32 Å². The number of carbonyl (C=O) groups is 1. The minimum absolute atomic E-state index is 0.109. The van der Waals surface area contributed by atoms with Gasteiger partial charge in [0.2, 0.25) is 5.56 Å². The second kappa shape index (κ2) is 5.70. The van der Waals surface area contributed by atoms with Crippen LogP contribution in [0.15, 0.2) is 52.5 Å². The third kappa shape index (κ3) is 2.83. The molecule has 1 heterocycles. The fourth-order valence-corrected chi connectivity index (χ4v) is 1.62. The van der Waals surface area contributed by atoms with E-state index in [-0.39, 0.29) is 11.4 Å². The van der Waals surface area contributed by atoms with E-state index < -0.39 is 5.91 Å². The average Bonchev–Trinajstić information content (AvgIpc) is 2.47. The van der Waals surface area contributed by atoms with Crippen molar-refractivity contribution in [3.05, 3.63) is 64.1 Å². The summed E-state index contributed by atoms with van der Waals surface area (Å²) in [5, 5.41) is 14.2. The summed E-state index contributed by atoms with van der Waals surface area (Å²) < 4.78 is 0. The molecule has 0 radical (unpaired) electrons. The van der Waals surface area contributed by atoms with E-state index in [1.807, 2.05) is 0 Å². The van der Waals surface area contributed by atoms with Crippen LogP contribution < -0.4 is 16.6 Å². The molecule has 0 aliphatic rings. The van der Waals surface area contributed by atoms with E-state index >= 15 is 0 Å². The minimum Gasteiger partial charge on any atom is -0.409 e. The zero-order valence-corrected chi connectivity index (χ0v) is 10.3. The normalized spacial score (nSPS) is 11.1. The van der Waals surface area contributed by atoms with Gasteiger partial charge in [0.25, 0.3) is 5.91 Å². The summed E-state index contributed by atoms with van der Waals surface area (Å²) in [4.78, 5) is 25.4. The van der Waals surface area contributed by atoms with Crippen molar-refractivity contribution in [1.29, 1.82) is 0 Å². The van der Waals surface area contributed by atoms with E-state index in [9.17, 15) is 9.59 Å². The van der Waals surface area contributed by atoms with Crippen LogP contribution in [-0.4, -0.2) is 21.9 Å². The number of H-pyrrole nitrogens is 1. The number of benzene rings is 1. The highest BCUT2D eigenvalue weighted by Gasteiger charge is 2.11. The van der Waals surface area contributed by atoms with Crippen molar-refractivity contribution in [1.82, 2.24) is 4.98 Å². The fourth-order valence-electron chi connectivity index (χ4n) is 1.62. The second-order valence-electron chi connectivity index (χ2n) is 3.93. The summed E-state index contributed by atoms with van der Waals surface area (Å²) in [5.74, 6) is -0.526. The molecule has 1 aromatic heterocycles. The summed E-state index contributed by atoms with van der Waals surface area (Å²) >= 11 is 0. The first-order chi connectivity index (χ1) is 9.61. The van der Waals surface area contributed by atoms with Gasteiger partial charge in [-0.1, -0.05) is 17.3 Å². The van der Waals surface area contributed by atoms with Gasteiger partial charge >= 0.3 is 0 Å². The number of hydrogen-bond acceptors (Lipinski definition) is 4. The molecule has 7 heteroatoms. The Morgan fingerprint density at radius 2 is 2.00 bits per heavy atom. The predicted octanol–water partition coefficient (Wildman–Crippen LogP) is 0.722. The molecule has 102 valence electrons. The third-order valence-electron chi connectivity index (χ3n) is 2.61. The van der Waals surface area contributed by atoms with Gasteiger partial charge in [-0.3, -0.25) is 9.59 Å². The Labute approximate surface area is 113 Å². The van der Waals surface area contributed by atoms with E-state index in [0.29, 0.717) is 16.8 Å². The molecule has 0 aliphatic carbocycles. The lowest BCUT2D eigenvalue weighted by atomic mass is 10.1. The van der Waals surface area contributed by atoms with Crippen LogP contribution in [0.25, 0.3) is 0 Å². The maximum atomic E-state index is 12.0. The Hall–Kier alpha value is -3.09. The number of aromatic nitrogens is 1. The zero-order valence-electron chi connectivity index (χ0n) is 10.3. The lowest BCUT2D eigenvalue weighted by Gasteiger charge is -2.09. The number of nitrogens with one attached hydrogen (secondary N) is 2. The van der Waals surface area contributed by atoms with Gasteiger partial charge in [0.1, 0.15) is 0 Å². The third-order valence-corrected chi connectivity index (χ3v) is 2.61. The molecule has 2 rings (SSSR count). The first kappa shape index (κ1) is 13.3. The van der Waals surface area contributed by atoms with Crippen LogP contribution >= 0.6 is 0 Å². The number of nitrogens with two attached hydrogens (primary N) is 1. The molecule has 1 amide bonds. The first-order valence-corrected chi connectivity index (χ1v) is 5.69. The van der Waals surface area contributed by atoms with Crippen LogP contribution in [0.3, 0.4) is 0 Å². The Morgan fingerprint density at radius 1 is 1.25 bits per heavy atom. The standard InChI is InChI=1S/C13H12N4O3/c14-12(17-20)9-3-1-2-4-10(9)16-13(19)8-5-6-11(18)15-7-8/h1-7,20H,(H2,14,17)(H,15,18)(H,16,19). The van der Waals surface area contributed by atoms with Gasteiger partial charge in [-0.25, -0.2) is 0 Å². The molecule has 0 saturated carbocycles. The number of oxime groups is 1. The van der Waals surface area contributed by atoms with Crippen LogP contribution in [0.4, 0.5) is 5.69 Å². The van der Waals surface area contributed by atoms with E-state index in [0.717, 1.165) is 0 Å². The molecular weight excluding hydrogens is 260 g/mol. The molecule has 0 saturated heterocycles. The monoisotopic (exact) mass is 272 g/mol. The number of amidine groups is 1. The summed E-state index contributed by atoms with van der Waals surface area (Å²) in [6, 6.07) is 9.29. The van der Waals surface area contributed by atoms with Gasteiger partial charge in [0.15, 0.2) is 5.84 Å². The van der Waals surface area contributed by atoms with Crippen molar-refractivity contribution in [3.63, 3.8) is 0 Å². The van der Waals surface area contributed by atoms with E-state index in [4.69, 9.17) is 10.9 Å². The van der Waals surface area contributed by atoms with Gasteiger partial charge in [0, 0.05) is 17.8 Å². The lowest BCUT2D eigenvalue weighted by Crippen LogP contribution is -2.19. The molecule has 0 bridgehead atoms. The molecule has 5 N–H and O–H groups in total. The highest BCUT2D eigenvalue weighted by atomic mass is 16.4. The van der Waals surface area contributed by atoms with Crippen molar-refractivity contribution < 1.29 is 10.0 Å². The van der Waals surface area contributed by atoms with Crippen molar-refractivity contribution in [2.24, 2.45) is 10.9 Å². The molecule has 20 heavy (non-hydrogen) atoms. The number of anilines is 1. The number of amides is 1. The van der Waals surface area contributed by atoms with E-state index in [2.05, 4.69) is 15.5 Å². The number of hydrogen-bond donors (Lipinski definition) is 4. The van der Waals surface area contributed by atoms with Gasteiger partial charge in [-0.2, -0.15) is 0 Å². The number of carbonyl (C=O) groups excluding carboxylic acids is 1. The number of aromatic amines is 1. The van der Waals surface area contributed by atoms with Gasteiger partial charge in [-0.15, -0.1) is 0 Å². The summed E-state index contributed by atoms with van der Waals surface area (Å²) in [5.41, 5.74) is 6.33. The number of rotatable bonds is 3. The van der Waals surface area contributed by atoms with Gasteiger partial charge in [0.05, 0.1) is 11.3 Å². The van der Waals surface area contributed by atoms with Crippen LogP contribution in [0.5, 0.6) is 0 Å². The van der Waals surface area contributed by atoms with Crippen molar-refractivity contribution in [3.8, 4) is 0 Å². The predicted molar refractivity (Wildman–Crippen MR) is 74.0 cm³/mol. The molecule has 0 unspecified atom stereocenters. The Balaban J connectivity index is 2.28. The Bertz CT molecular complexity index is 701. The van der Waals surface area contributed by atoms with Crippen molar-refractivity contribution >= 4 is 17.4 Å². The molecule has 0 aliphatic heterocycles. The van der Waals surface area contributed by atoms with Crippen LogP contribution in [0.2, 0.25) is 0 Å². The highest BCUT2D eigenvalue weighted by Crippen LogP contribution is 2.15. The fraction of sp³-hybridized carbons (Fsp3) is 0. The number of pyridine rings is 1. The van der Waals surface area contributed by atoms with Gasteiger partial charge < -0.3 is 21.2 Å². The van der Waals surface area contributed by atoms with Crippen LogP contribution in [-0.2, 0) is 0 Å². The zero-order chi connectivity index (χ0) is 14.5. The highest BCUT2D eigenvalue weighted by molar-refractivity contribution is 6.09. The topological polar surface area (TPSA) is 121 Å². The van der Waals surface area contributed by atoms with Gasteiger partial charge in [-0.05, 0) is 18.2 Å². The maximum Gasteiger partial charge on any atom is 0.257 e. The number of nitrogens with zero attached hydrogens (tertiary/aromatic N) is 1. The summed E-state index contributed by atoms with van der Waals surface area (Å²) in [6.45, 7) is 0. The lowest BCUT2D eigenvalue weighted by molar-refractivity contribution is 0.102. The smallest absolute Gasteiger partial charge is 0.257 e. The van der Waals surface area contributed by atoms with E-state index in [1.54, 1.807) is 24.3 Å². The molecule has 2 aromatic rings. The molecule has 0 fully saturated rings. The number of para-hydroxylation sites is 1. The molecule has 0 atom stereocenters. The van der Waals surface area contributed by atoms with Crippen LogP contribution in [0, 0.1) is 0 Å². The molecular formula is C13H12N4O3. The van der Waals surface area contributed by atoms with E-state index in [1.165, 1.54) is 18.3 Å². The Morgan fingerprint density at radius 3 is 2.65 bits per heavy atom. The minimum atomic E-state index is -0.417. The van der Waals surface area contributed by atoms with Crippen molar-refractivity contribution in [2.45, 2.75) is 0 Å². The average molecular weight is 272 g/mol. The second-order valence-corrected chi connectivity index (χ2v) is 3.93. The maximum absolute atomic E-state index is 12.0. The molecule has 7 nitrogen and oxygen atoms in total. The summed E-state index contributed by atoms with van der Waals surface area (Å²) in [7, 11) is 0. The largest absolute Gasteiger partial charge is 0.409 e. The molecule has 1 aromatic carbocycles. The molecule has 0 spiro atoms. The van der Waals surface area contributed by atoms with Crippen LogP contribution in [0.1, 0.15) is 15.9 Å². The SMILES string of the molecule is N/C(=N/O)c1ccccc1NC(=O)c1ccc(=O)[nH]c1. The first-order valence-electron chi connectivity index (χ1n) is 5.69. The Kier molecular flexibility index (Phi) is 3.80.